The molecule has 5 heteroatoms. The van der Waals surface area contributed by atoms with E-state index in [9.17, 15) is 9.59 Å². The summed E-state index contributed by atoms with van der Waals surface area (Å²) >= 11 is 0. The Morgan fingerprint density at radius 1 is 1.18 bits per heavy atom. The van der Waals surface area contributed by atoms with E-state index in [2.05, 4.69) is 0 Å². The number of fused-ring (bicyclic) bond motifs is 1. The molecule has 1 amide bonds. The smallest absolute Gasteiger partial charge is 0.331 e. The summed E-state index contributed by atoms with van der Waals surface area (Å²) in [4.78, 5) is 28.1. The zero-order valence-electron chi connectivity index (χ0n) is 13.0. The minimum absolute atomic E-state index is 0.100. The van der Waals surface area contributed by atoms with E-state index >= 15 is 0 Å². The number of benzene rings is 1. The van der Waals surface area contributed by atoms with Gasteiger partial charge in [0, 0.05) is 13.1 Å². The third-order valence-corrected chi connectivity index (χ3v) is 4.28. The predicted molar refractivity (Wildman–Crippen MR) is 84.1 cm³/mol. The number of hydrogen-bond donors (Lipinski definition) is 0. The molecule has 1 saturated heterocycles. The zero-order valence-corrected chi connectivity index (χ0v) is 13.0. The molecule has 118 valence electrons. The lowest BCUT2D eigenvalue weighted by atomic mass is 10.1. The molecule has 0 aliphatic carbocycles. The summed E-state index contributed by atoms with van der Waals surface area (Å²) in [5.74, 6) is 0.352. The number of ether oxygens (including phenoxy) is 1. The van der Waals surface area contributed by atoms with E-state index in [-0.39, 0.29) is 25.0 Å². The summed E-state index contributed by atoms with van der Waals surface area (Å²) in [7, 11) is 0. The highest BCUT2D eigenvalue weighted by molar-refractivity contribution is 5.89. The number of amides is 1. The fourth-order valence-corrected chi connectivity index (χ4v) is 3.08. The maximum absolute atomic E-state index is 12.5. The van der Waals surface area contributed by atoms with Gasteiger partial charge in [-0.1, -0.05) is 18.9 Å². The second-order valence-electron chi connectivity index (χ2n) is 6.10. The quantitative estimate of drug-likeness (QED) is 0.620. The first-order valence-electron chi connectivity index (χ1n) is 7.97. The lowest BCUT2D eigenvalue weighted by Crippen LogP contribution is -2.45. The fourth-order valence-electron chi connectivity index (χ4n) is 3.08. The van der Waals surface area contributed by atoms with Gasteiger partial charge >= 0.3 is 5.97 Å². The standard InChI is InChI=1S/C17H22N2O3/c1-13-6-7-14-15(10-13)22-17(21)12-19(14)11-16(20)18-8-4-2-3-5-9-18/h6-7,10H,2-5,8-9,11-12H2,1H3. The second-order valence-corrected chi connectivity index (χ2v) is 6.10. The Labute approximate surface area is 130 Å². The summed E-state index contributed by atoms with van der Waals surface area (Å²) in [6, 6.07) is 5.74. The SMILES string of the molecule is Cc1ccc2c(c1)OC(=O)CN2CC(=O)N1CCCCCC1. The van der Waals surface area contributed by atoms with Crippen LogP contribution in [0.15, 0.2) is 18.2 Å². The third kappa shape index (κ3) is 3.24. The molecule has 3 rings (SSSR count). The van der Waals surface area contributed by atoms with Crippen LogP contribution in [0.5, 0.6) is 5.75 Å². The van der Waals surface area contributed by atoms with Gasteiger partial charge < -0.3 is 14.5 Å². The first kappa shape index (κ1) is 14.9. The number of likely N-dealkylation sites (tertiary alicyclic amines) is 1. The molecule has 0 unspecified atom stereocenters. The number of aryl methyl sites for hydroxylation is 1. The van der Waals surface area contributed by atoms with Gasteiger partial charge in [-0.3, -0.25) is 4.79 Å². The van der Waals surface area contributed by atoms with E-state index in [0.29, 0.717) is 5.75 Å². The number of hydrogen-bond acceptors (Lipinski definition) is 4. The lowest BCUT2D eigenvalue weighted by Gasteiger charge is -2.31. The average Bonchev–Trinajstić information content (AvgIpc) is 2.75. The summed E-state index contributed by atoms with van der Waals surface area (Å²) < 4.78 is 5.28. The predicted octanol–water partition coefficient (Wildman–Crippen LogP) is 2.12. The van der Waals surface area contributed by atoms with E-state index in [1.165, 1.54) is 12.8 Å². The average molecular weight is 302 g/mol. The minimum atomic E-state index is -0.304. The van der Waals surface area contributed by atoms with Gasteiger partial charge in [-0.25, -0.2) is 4.79 Å². The molecule has 2 heterocycles. The molecule has 0 spiro atoms. The minimum Gasteiger partial charge on any atom is -0.423 e. The molecule has 2 aliphatic rings. The maximum atomic E-state index is 12.5. The zero-order chi connectivity index (χ0) is 15.5. The summed E-state index contributed by atoms with van der Waals surface area (Å²) in [6.45, 7) is 3.99. The van der Waals surface area contributed by atoms with Crippen molar-refractivity contribution in [3.8, 4) is 5.75 Å². The van der Waals surface area contributed by atoms with Crippen molar-refractivity contribution in [1.82, 2.24) is 4.90 Å². The van der Waals surface area contributed by atoms with Crippen LogP contribution in [-0.4, -0.2) is 43.0 Å². The Balaban J connectivity index is 1.74. The normalized spacial score (nSPS) is 18.5. The van der Waals surface area contributed by atoms with Gasteiger partial charge in [0.1, 0.15) is 6.54 Å². The first-order valence-corrected chi connectivity index (χ1v) is 7.97. The highest BCUT2D eigenvalue weighted by atomic mass is 16.5. The van der Waals surface area contributed by atoms with Crippen molar-refractivity contribution in [2.45, 2.75) is 32.6 Å². The number of carbonyl (C=O) groups is 2. The fraction of sp³-hybridized carbons (Fsp3) is 0.529. The van der Waals surface area contributed by atoms with Gasteiger partial charge in [0.25, 0.3) is 0 Å². The Morgan fingerprint density at radius 3 is 2.64 bits per heavy atom. The highest BCUT2D eigenvalue weighted by Gasteiger charge is 2.27. The molecule has 0 aromatic heterocycles. The molecule has 0 bridgehead atoms. The van der Waals surface area contributed by atoms with Crippen LogP contribution in [0, 0.1) is 6.92 Å². The molecule has 0 saturated carbocycles. The number of rotatable bonds is 2. The molecule has 0 N–H and O–H groups in total. The maximum Gasteiger partial charge on any atom is 0.331 e. The highest BCUT2D eigenvalue weighted by Crippen LogP contribution is 2.32. The van der Waals surface area contributed by atoms with Gasteiger partial charge in [0.05, 0.1) is 12.2 Å². The second kappa shape index (κ2) is 6.38. The molecule has 2 aliphatic heterocycles. The van der Waals surface area contributed by atoms with Crippen LogP contribution in [0.3, 0.4) is 0 Å². The summed E-state index contributed by atoms with van der Waals surface area (Å²) in [6.07, 6.45) is 4.54. The Kier molecular flexibility index (Phi) is 4.32. The molecular formula is C17H22N2O3. The Hall–Kier alpha value is -2.04. The van der Waals surface area contributed by atoms with Crippen molar-refractivity contribution in [3.05, 3.63) is 23.8 Å². The number of anilines is 1. The molecule has 5 nitrogen and oxygen atoms in total. The Bertz CT molecular complexity index is 577. The van der Waals surface area contributed by atoms with Crippen LogP contribution in [0.2, 0.25) is 0 Å². The van der Waals surface area contributed by atoms with E-state index in [4.69, 9.17) is 4.74 Å². The van der Waals surface area contributed by atoms with Gasteiger partial charge in [0.15, 0.2) is 5.75 Å². The molecule has 1 aromatic carbocycles. The number of esters is 1. The van der Waals surface area contributed by atoms with Gasteiger partial charge in [-0.05, 0) is 37.5 Å². The van der Waals surface area contributed by atoms with Crippen molar-refractivity contribution < 1.29 is 14.3 Å². The summed E-state index contributed by atoms with van der Waals surface area (Å²) in [5, 5.41) is 0. The third-order valence-electron chi connectivity index (χ3n) is 4.28. The van der Waals surface area contributed by atoms with Crippen LogP contribution < -0.4 is 9.64 Å². The Morgan fingerprint density at radius 2 is 1.91 bits per heavy atom. The molecule has 22 heavy (non-hydrogen) atoms. The van der Waals surface area contributed by atoms with E-state index in [1.54, 1.807) is 0 Å². The van der Waals surface area contributed by atoms with Crippen molar-refractivity contribution >= 4 is 17.6 Å². The number of nitrogens with zero attached hydrogens (tertiary/aromatic N) is 2. The molecular weight excluding hydrogens is 280 g/mol. The van der Waals surface area contributed by atoms with Crippen LogP contribution in [0.1, 0.15) is 31.2 Å². The van der Waals surface area contributed by atoms with Crippen LogP contribution in [-0.2, 0) is 9.59 Å². The van der Waals surface area contributed by atoms with Crippen molar-refractivity contribution in [2.24, 2.45) is 0 Å². The van der Waals surface area contributed by atoms with Crippen LogP contribution in [0.4, 0.5) is 5.69 Å². The summed E-state index contributed by atoms with van der Waals surface area (Å²) in [5.41, 5.74) is 1.86. The largest absolute Gasteiger partial charge is 0.423 e. The van der Waals surface area contributed by atoms with E-state index in [0.717, 1.165) is 37.2 Å². The monoisotopic (exact) mass is 302 g/mol. The molecule has 0 radical (unpaired) electrons. The van der Waals surface area contributed by atoms with Crippen molar-refractivity contribution in [3.63, 3.8) is 0 Å². The van der Waals surface area contributed by atoms with Gasteiger partial charge in [0.2, 0.25) is 5.91 Å². The molecule has 1 aromatic rings. The first-order chi connectivity index (χ1) is 10.6. The van der Waals surface area contributed by atoms with E-state index in [1.807, 2.05) is 34.9 Å². The van der Waals surface area contributed by atoms with E-state index < -0.39 is 0 Å². The topological polar surface area (TPSA) is 49.9 Å². The van der Waals surface area contributed by atoms with Gasteiger partial charge in [-0.15, -0.1) is 0 Å². The van der Waals surface area contributed by atoms with Crippen molar-refractivity contribution in [2.75, 3.05) is 31.1 Å². The van der Waals surface area contributed by atoms with Gasteiger partial charge in [-0.2, -0.15) is 0 Å². The molecule has 1 fully saturated rings. The number of carbonyl (C=O) groups excluding carboxylic acids is 2. The van der Waals surface area contributed by atoms with Crippen molar-refractivity contribution in [1.29, 1.82) is 0 Å². The van der Waals surface area contributed by atoms with Crippen LogP contribution >= 0.6 is 0 Å². The molecule has 0 atom stereocenters. The van der Waals surface area contributed by atoms with Crippen LogP contribution in [0.25, 0.3) is 0 Å². The lowest BCUT2D eigenvalue weighted by molar-refractivity contribution is -0.133.